The molecule has 1 fully saturated rings. The van der Waals surface area contributed by atoms with Gasteiger partial charge in [0.2, 0.25) is 0 Å². The van der Waals surface area contributed by atoms with Crippen molar-refractivity contribution in [3.05, 3.63) is 46.7 Å². The quantitative estimate of drug-likeness (QED) is 0.316. The Hall–Kier alpha value is -1.80. The SMILES string of the molecule is CC/C=C(\C)NCCN(C)C.CCc1ccc(COC(=O)N2CCCCC2S(=O)NCC(=O)CP)cc1CC. The third-order valence-corrected chi connectivity index (χ3v) is 8.31. The molecule has 0 aliphatic carbocycles. The van der Waals surface area contributed by atoms with Gasteiger partial charge in [0.25, 0.3) is 0 Å². The van der Waals surface area contributed by atoms with Crippen LogP contribution < -0.4 is 10.0 Å². The molecule has 0 spiro atoms. The number of benzene rings is 1. The average molecular weight is 583 g/mol. The Labute approximate surface area is 241 Å². The van der Waals surface area contributed by atoms with Crippen molar-refractivity contribution in [3.8, 4) is 0 Å². The number of ether oxygens (including phenoxy) is 1. The van der Waals surface area contributed by atoms with Gasteiger partial charge in [-0.15, -0.1) is 9.24 Å². The molecule has 10 heteroatoms. The molecule has 39 heavy (non-hydrogen) atoms. The molecular weight excluding hydrogens is 531 g/mol. The van der Waals surface area contributed by atoms with E-state index in [4.69, 9.17) is 4.74 Å². The number of ketones is 1. The second-order valence-electron chi connectivity index (χ2n) is 9.90. The predicted molar refractivity (Wildman–Crippen MR) is 166 cm³/mol. The fourth-order valence-corrected chi connectivity index (χ4v) is 5.62. The van der Waals surface area contributed by atoms with E-state index in [0.717, 1.165) is 50.8 Å². The van der Waals surface area contributed by atoms with Crippen molar-refractivity contribution < 1.29 is 18.5 Å². The molecule has 0 saturated carbocycles. The summed E-state index contributed by atoms with van der Waals surface area (Å²) in [7, 11) is 5.03. The zero-order valence-corrected chi connectivity index (χ0v) is 26.9. The van der Waals surface area contributed by atoms with Crippen LogP contribution in [0.1, 0.15) is 70.1 Å². The molecule has 222 valence electrons. The predicted octanol–water partition coefficient (Wildman–Crippen LogP) is 4.41. The minimum Gasteiger partial charge on any atom is -0.445 e. The van der Waals surface area contributed by atoms with Gasteiger partial charge in [-0.2, -0.15) is 0 Å². The summed E-state index contributed by atoms with van der Waals surface area (Å²) < 4.78 is 20.8. The maximum Gasteiger partial charge on any atom is 0.411 e. The summed E-state index contributed by atoms with van der Waals surface area (Å²) in [6.07, 6.45) is 7.50. The number of allylic oxidation sites excluding steroid dienone is 2. The summed E-state index contributed by atoms with van der Waals surface area (Å²) in [5.74, 6) is -0.0365. The molecule has 3 unspecified atom stereocenters. The largest absolute Gasteiger partial charge is 0.445 e. The number of likely N-dealkylation sites (tertiary alicyclic amines) is 1. The topological polar surface area (TPSA) is 91.0 Å². The van der Waals surface area contributed by atoms with Gasteiger partial charge >= 0.3 is 6.09 Å². The lowest BCUT2D eigenvalue weighted by molar-refractivity contribution is -0.115. The number of rotatable bonds is 14. The zero-order valence-electron chi connectivity index (χ0n) is 24.9. The first-order valence-corrected chi connectivity index (χ1v) is 16.1. The van der Waals surface area contributed by atoms with Gasteiger partial charge in [0.1, 0.15) is 23.0 Å². The third-order valence-electron chi connectivity index (χ3n) is 6.44. The molecule has 2 rings (SSSR count). The first kappa shape index (κ1) is 35.2. The van der Waals surface area contributed by atoms with Crippen LogP contribution in [0.3, 0.4) is 0 Å². The lowest BCUT2D eigenvalue weighted by Crippen LogP contribution is -2.49. The summed E-state index contributed by atoms with van der Waals surface area (Å²) in [4.78, 5) is 27.8. The average Bonchev–Trinajstić information content (AvgIpc) is 2.94. The molecule has 1 aromatic rings. The number of piperidine rings is 1. The van der Waals surface area contributed by atoms with Gasteiger partial charge in [-0.05, 0) is 76.2 Å². The first-order valence-electron chi connectivity index (χ1n) is 14.1. The van der Waals surface area contributed by atoms with Crippen molar-refractivity contribution in [2.75, 3.05) is 46.4 Å². The Morgan fingerprint density at radius 3 is 2.51 bits per heavy atom. The van der Waals surface area contributed by atoms with Crippen LogP contribution in [-0.4, -0.2) is 77.7 Å². The highest BCUT2D eigenvalue weighted by Gasteiger charge is 2.32. The standard InChI is InChI=1S/C20H31N2O4PS.C9H20N2/c1-3-16-9-8-15(11-17(16)4-2)13-26-20(24)22-10-6-5-7-19(22)28(25)21-12-18(23)14-27;1-5-6-9(2)10-7-8-11(3)4/h8-9,11,19,21H,3-7,10,12-14,27H2,1-2H3;6,10H,5,7-8H2,1-4H3/b;9-6+. The number of carbonyl (C=O) groups is 2. The maximum absolute atomic E-state index is 12.6. The van der Waals surface area contributed by atoms with E-state index in [1.807, 2.05) is 6.07 Å². The number of amides is 1. The van der Waals surface area contributed by atoms with Crippen LogP contribution in [0.15, 0.2) is 30.0 Å². The summed E-state index contributed by atoms with van der Waals surface area (Å²) in [5.41, 5.74) is 4.83. The van der Waals surface area contributed by atoms with Gasteiger partial charge in [0, 0.05) is 31.5 Å². The smallest absolute Gasteiger partial charge is 0.411 e. The molecule has 1 heterocycles. The minimum absolute atomic E-state index is 0.0365. The molecule has 2 N–H and O–H groups in total. The molecule has 3 atom stereocenters. The number of hydrogen-bond acceptors (Lipinski definition) is 6. The maximum atomic E-state index is 12.6. The van der Waals surface area contributed by atoms with Gasteiger partial charge in [-0.3, -0.25) is 9.69 Å². The zero-order chi connectivity index (χ0) is 29.2. The van der Waals surface area contributed by atoms with E-state index in [1.54, 1.807) is 4.90 Å². The molecule has 1 aromatic carbocycles. The monoisotopic (exact) mass is 582 g/mol. The molecule has 1 amide bonds. The summed E-state index contributed by atoms with van der Waals surface area (Å²) >= 11 is 0. The second-order valence-corrected chi connectivity index (χ2v) is 11.7. The molecule has 1 saturated heterocycles. The van der Waals surface area contributed by atoms with Gasteiger partial charge in [0.15, 0.2) is 5.78 Å². The Kier molecular flexibility index (Phi) is 18.2. The molecule has 0 aromatic heterocycles. The van der Waals surface area contributed by atoms with Gasteiger partial charge < -0.3 is 15.0 Å². The Morgan fingerprint density at radius 1 is 1.18 bits per heavy atom. The molecule has 1 aliphatic rings. The van der Waals surface area contributed by atoms with Crippen LogP contribution in [0.25, 0.3) is 0 Å². The number of Topliss-reactive ketones (excluding diaryl/α,β-unsaturated/α-hetero) is 1. The number of nitrogens with zero attached hydrogens (tertiary/aromatic N) is 2. The summed E-state index contributed by atoms with van der Waals surface area (Å²) in [6.45, 7) is 11.4. The third kappa shape index (κ3) is 13.9. The van der Waals surface area contributed by atoms with E-state index in [9.17, 15) is 13.8 Å². The summed E-state index contributed by atoms with van der Waals surface area (Å²) in [5, 5.41) is 2.87. The molecule has 1 aliphatic heterocycles. The van der Waals surface area contributed by atoms with Gasteiger partial charge in [-0.1, -0.05) is 45.0 Å². The van der Waals surface area contributed by atoms with Crippen LogP contribution >= 0.6 is 9.24 Å². The molecular formula is C29H51N4O4PS. The van der Waals surface area contributed by atoms with Gasteiger partial charge in [-0.25, -0.2) is 13.7 Å². The van der Waals surface area contributed by atoms with E-state index >= 15 is 0 Å². The second kappa shape index (κ2) is 20.1. The Morgan fingerprint density at radius 2 is 1.90 bits per heavy atom. The van der Waals surface area contributed by atoms with Gasteiger partial charge in [0.05, 0.1) is 6.54 Å². The van der Waals surface area contributed by atoms with Crippen LogP contribution in [0.4, 0.5) is 4.79 Å². The van der Waals surface area contributed by atoms with E-state index in [1.165, 1.54) is 16.8 Å². The number of carbonyl (C=O) groups excluding carboxylic acids is 2. The van der Waals surface area contributed by atoms with Crippen molar-refractivity contribution in [1.82, 2.24) is 19.8 Å². The Bertz CT molecular complexity index is 942. The van der Waals surface area contributed by atoms with Crippen LogP contribution in [0.5, 0.6) is 0 Å². The fourth-order valence-electron chi connectivity index (χ4n) is 4.18. The van der Waals surface area contributed by atoms with E-state index in [0.29, 0.717) is 19.1 Å². The van der Waals surface area contributed by atoms with Crippen molar-refractivity contribution in [2.45, 2.75) is 78.2 Å². The highest BCUT2D eigenvalue weighted by molar-refractivity contribution is 7.83. The highest BCUT2D eigenvalue weighted by atomic mass is 32.2. The molecule has 8 nitrogen and oxygen atoms in total. The minimum atomic E-state index is -1.49. The number of hydrogen-bond donors (Lipinski definition) is 2. The number of aryl methyl sites for hydroxylation is 2. The van der Waals surface area contributed by atoms with Crippen LogP contribution in [0.2, 0.25) is 0 Å². The lowest BCUT2D eigenvalue weighted by Gasteiger charge is -2.34. The molecule has 0 bridgehead atoms. The normalized spacial score (nSPS) is 16.4. The van der Waals surface area contributed by atoms with Crippen LogP contribution in [-0.2, 0) is 40.0 Å². The van der Waals surface area contributed by atoms with Crippen LogP contribution in [0, 0.1) is 0 Å². The number of nitrogens with one attached hydrogen (secondary N) is 2. The number of likely N-dealkylation sites (N-methyl/N-ethyl adjacent to an activating group) is 1. The van der Waals surface area contributed by atoms with Crippen molar-refractivity contribution >= 4 is 32.1 Å². The van der Waals surface area contributed by atoms with Crippen molar-refractivity contribution in [1.29, 1.82) is 0 Å². The van der Waals surface area contributed by atoms with E-state index in [-0.39, 0.29) is 18.9 Å². The molecule has 0 radical (unpaired) electrons. The Balaban J connectivity index is 0.000000584. The van der Waals surface area contributed by atoms with E-state index < -0.39 is 22.5 Å². The van der Waals surface area contributed by atoms with Crippen molar-refractivity contribution in [3.63, 3.8) is 0 Å². The van der Waals surface area contributed by atoms with Crippen molar-refractivity contribution in [2.24, 2.45) is 0 Å². The highest BCUT2D eigenvalue weighted by Crippen LogP contribution is 2.21. The first-order chi connectivity index (χ1) is 18.7. The fraction of sp³-hybridized carbons (Fsp3) is 0.655. The lowest BCUT2D eigenvalue weighted by atomic mass is 10.0. The summed E-state index contributed by atoms with van der Waals surface area (Å²) in [6, 6.07) is 6.18. The van der Waals surface area contributed by atoms with E-state index in [2.05, 4.69) is 84.2 Å².